The highest BCUT2D eigenvalue weighted by Crippen LogP contribution is 2.33. The quantitative estimate of drug-likeness (QED) is 0.634. The Hall–Kier alpha value is -2.72. The lowest BCUT2D eigenvalue weighted by Crippen LogP contribution is -2.55. The minimum atomic E-state index is -0.991. The van der Waals surface area contributed by atoms with Crippen molar-refractivity contribution in [1.29, 1.82) is 10.7 Å². The molecule has 7 heteroatoms. The van der Waals surface area contributed by atoms with Crippen LogP contribution in [-0.4, -0.2) is 28.5 Å². The van der Waals surface area contributed by atoms with E-state index in [-0.39, 0.29) is 17.4 Å². The molecule has 0 fully saturated rings. The van der Waals surface area contributed by atoms with Crippen molar-refractivity contribution in [3.05, 3.63) is 30.2 Å². The van der Waals surface area contributed by atoms with Crippen LogP contribution >= 0.6 is 0 Å². The van der Waals surface area contributed by atoms with Gasteiger partial charge in [0.1, 0.15) is 35.0 Å². The average Bonchev–Trinajstić information content (AvgIpc) is 2.96. The third-order valence-electron chi connectivity index (χ3n) is 3.69. The van der Waals surface area contributed by atoms with Crippen LogP contribution in [0.2, 0.25) is 0 Å². The van der Waals surface area contributed by atoms with E-state index >= 15 is 0 Å². The Morgan fingerprint density at radius 3 is 2.55 bits per heavy atom. The van der Waals surface area contributed by atoms with Gasteiger partial charge in [-0.3, -0.25) is 20.0 Å². The van der Waals surface area contributed by atoms with E-state index < -0.39 is 17.9 Å². The first-order chi connectivity index (χ1) is 10.4. The summed E-state index contributed by atoms with van der Waals surface area (Å²) >= 11 is 0. The third kappa shape index (κ3) is 2.56. The van der Waals surface area contributed by atoms with Gasteiger partial charge < -0.3 is 4.42 Å². The van der Waals surface area contributed by atoms with Crippen LogP contribution in [0.4, 0.5) is 0 Å². The summed E-state index contributed by atoms with van der Waals surface area (Å²) in [6, 6.07) is 4.50. The molecule has 2 rings (SSSR count). The van der Waals surface area contributed by atoms with Gasteiger partial charge in [-0.2, -0.15) is 5.26 Å². The molecule has 0 spiro atoms. The van der Waals surface area contributed by atoms with E-state index in [2.05, 4.69) is 0 Å². The van der Waals surface area contributed by atoms with Gasteiger partial charge in [0.15, 0.2) is 0 Å². The molecule has 1 aliphatic rings. The van der Waals surface area contributed by atoms with E-state index in [0.29, 0.717) is 11.3 Å². The zero-order chi connectivity index (χ0) is 16.4. The number of hydrogen-bond donors (Lipinski definition) is 2. The molecule has 2 heterocycles. The highest BCUT2D eigenvalue weighted by molar-refractivity contribution is 6.04. The van der Waals surface area contributed by atoms with Gasteiger partial charge in [-0.25, -0.2) is 5.84 Å². The molecule has 0 bridgehead atoms. The number of Topliss-reactive ketones (excluding diaryl/α,β-unsaturated/α-hetero) is 2. The molecule has 0 saturated carbocycles. The number of furan rings is 1. The smallest absolute Gasteiger partial charge is 0.142 e. The molecular weight excluding hydrogens is 284 g/mol. The number of carbonyl (C=O) groups is 2. The van der Waals surface area contributed by atoms with Crippen LogP contribution in [0.15, 0.2) is 28.9 Å². The molecule has 0 saturated heterocycles. The molecule has 0 amide bonds. The highest BCUT2D eigenvalue weighted by Gasteiger charge is 2.40. The van der Waals surface area contributed by atoms with E-state index in [4.69, 9.17) is 15.7 Å². The van der Waals surface area contributed by atoms with Crippen molar-refractivity contribution in [2.45, 2.75) is 19.9 Å². The third-order valence-corrected chi connectivity index (χ3v) is 3.69. The lowest BCUT2D eigenvalue weighted by molar-refractivity contribution is -0.132. The van der Waals surface area contributed by atoms with Crippen LogP contribution < -0.4 is 5.84 Å². The molecule has 2 unspecified atom stereocenters. The molecule has 1 aromatic heterocycles. The van der Waals surface area contributed by atoms with Crippen molar-refractivity contribution in [2.24, 2.45) is 17.7 Å². The van der Waals surface area contributed by atoms with Gasteiger partial charge in [0.25, 0.3) is 0 Å². The van der Waals surface area contributed by atoms with E-state index in [1.54, 1.807) is 18.2 Å². The molecular formula is C15H16N4O3. The summed E-state index contributed by atoms with van der Waals surface area (Å²) in [5.41, 5.74) is 0.441. The molecule has 0 aliphatic carbocycles. The van der Waals surface area contributed by atoms with Gasteiger partial charge in [-0.05, 0) is 26.0 Å². The number of nitrogens with one attached hydrogen (secondary N) is 1. The highest BCUT2D eigenvalue weighted by atomic mass is 16.3. The molecule has 0 radical (unpaired) electrons. The second-order valence-corrected chi connectivity index (χ2v) is 5.14. The van der Waals surface area contributed by atoms with Gasteiger partial charge >= 0.3 is 0 Å². The monoisotopic (exact) mass is 300 g/mol. The van der Waals surface area contributed by atoms with Gasteiger partial charge in [0.2, 0.25) is 0 Å². The van der Waals surface area contributed by atoms with Crippen molar-refractivity contribution in [1.82, 2.24) is 5.01 Å². The van der Waals surface area contributed by atoms with Crippen molar-refractivity contribution < 1.29 is 14.0 Å². The van der Waals surface area contributed by atoms with Crippen molar-refractivity contribution in [3.63, 3.8) is 0 Å². The second-order valence-electron chi connectivity index (χ2n) is 5.14. The number of nitrogens with zero attached hydrogens (tertiary/aromatic N) is 2. The summed E-state index contributed by atoms with van der Waals surface area (Å²) < 4.78 is 5.29. The molecule has 1 aromatic rings. The summed E-state index contributed by atoms with van der Waals surface area (Å²) in [5, 5.41) is 18.4. The van der Waals surface area contributed by atoms with Gasteiger partial charge in [-0.1, -0.05) is 6.08 Å². The Morgan fingerprint density at radius 2 is 2.09 bits per heavy atom. The summed E-state index contributed by atoms with van der Waals surface area (Å²) in [5.74, 6) is 3.52. The van der Waals surface area contributed by atoms with Crippen LogP contribution in [-0.2, 0) is 9.59 Å². The van der Waals surface area contributed by atoms with Crippen LogP contribution in [0.3, 0.4) is 0 Å². The first kappa shape index (κ1) is 15.7. The number of hydrogen-bond acceptors (Lipinski definition) is 6. The summed E-state index contributed by atoms with van der Waals surface area (Å²) in [7, 11) is 0. The molecule has 22 heavy (non-hydrogen) atoms. The van der Waals surface area contributed by atoms with E-state index in [9.17, 15) is 14.9 Å². The first-order valence-corrected chi connectivity index (χ1v) is 6.67. The standard InChI is InChI=1S/C15H16N4O3/c1-8(20)14(9(2)21)12-6-10(13-4-3-5-22-13)11(7-16)15(17)19(12)18/h3-6,11-12,14,17H,18H2,1-2H3. The Bertz CT molecular complexity index is 670. The molecule has 114 valence electrons. The molecule has 0 aromatic carbocycles. The first-order valence-electron chi connectivity index (χ1n) is 6.67. The lowest BCUT2D eigenvalue weighted by atomic mass is 9.83. The summed E-state index contributed by atoms with van der Waals surface area (Å²) in [6.07, 6.45) is 3.02. The summed E-state index contributed by atoms with van der Waals surface area (Å²) in [6.45, 7) is 2.61. The van der Waals surface area contributed by atoms with Gasteiger partial charge in [0.05, 0.1) is 18.4 Å². The number of ketones is 2. The van der Waals surface area contributed by atoms with Crippen LogP contribution in [0.5, 0.6) is 0 Å². The van der Waals surface area contributed by atoms with Crippen LogP contribution in [0, 0.1) is 28.6 Å². The van der Waals surface area contributed by atoms with Crippen molar-refractivity contribution in [2.75, 3.05) is 0 Å². The van der Waals surface area contributed by atoms with Crippen LogP contribution in [0.25, 0.3) is 5.57 Å². The normalized spacial score (nSPS) is 21.5. The fourth-order valence-electron chi connectivity index (χ4n) is 2.64. The lowest BCUT2D eigenvalue weighted by Gasteiger charge is -2.37. The zero-order valence-corrected chi connectivity index (χ0v) is 12.2. The second kappa shape index (κ2) is 5.95. The molecule has 7 nitrogen and oxygen atoms in total. The van der Waals surface area contributed by atoms with E-state index in [1.165, 1.54) is 20.1 Å². The largest absolute Gasteiger partial charge is 0.465 e. The minimum Gasteiger partial charge on any atom is -0.465 e. The molecule has 3 N–H and O–H groups in total. The Balaban J connectivity index is 2.57. The number of amidine groups is 1. The fraction of sp³-hybridized carbons (Fsp3) is 0.333. The van der Waals surface area contributed by atoms with Gasteiger partial charge in [0, 0.05) is 5.57 Å². The average molecular weight is 300 g/mol. The SMILES string of the molecule is CC(=O)C(C(C)=O)C1C=C(c2ccco2)C(C#N)C(=N)N1N. The van der Waals surface area contributed by atoms with Gasteiger partial charge in [-0.15, -0.1) is 0 Å². The predicted molar refractivity (Wildman–Crippen MR) is 78.2 cm³/mol. The number of hydrazine groups is 1. The van der Waals surface area contributed by atoms with E-state index in [1.807, 2.05) is 6.07 Å². The number of nitriles is 1. The Kier molecular flexibility index (Phi) is 4.24. The maximum absolute atomic E-state index is 11.8. The predicted octanol–water partition coefficient (Wildman–Crippen LogP) is 1.13. The number of carbonyl (C=O) groups excluding carboxylic acids is 2. The Morgan fingerprint density at radius 1 is 1.45 bits per heavy atom. The zero-order valence-electron chi connectivity index (χ0n) is 12.2. The summed E-state index contributed by atoms with van der Waals surface area (Å²) in [4.78, 5) is 23.6. The van der Waals surface area contributed by atoms with Crippen molar-refractivity contribution in [3.8, 4) is 6.07 Å². The fourth-order valence-corrected chi connectivity index (χ4v) is 2.64. The van der Waals surface area contributed by atoms with E-state index in [0.717, 1.165) is 5.01 Å². The molecule has 2 atom stereocenters. The Labute approximate surface area is 127 Å². The minimum absolute atomic E-state index is 0.172. The van der Waals surface area contributed by atoms with Crippen molar-refractivity contribution >= 4 is 23.0 Å². The topological polar surface area (TPSA) is 124 Å². The van der Waals surface area contributed by atoms with Crippen LogP contribution in [0.1, 0.15) is 19.6 Å². The number of nitrogens with two attached hydrogens (primary N) is 1. The maximum atomic E-state index is 11.8. The maximum Gasteiger partial charge on any atom is 0.142 e. The number of rotatable bonds is 4. The molecule has 1 aliphatic heterocycles.